The molecule has 1 aromatic rings. The van der Waals surface area contributed by atoms with Gasteiger partial charge in [-0.25, -0.2) is 0 Å². The van der Waals surface area contributed by atoms with E-state index in [1.807, 2.05) is 43.0 Å². The molecule has 0 radical (unpaired) electrons. The molecule has 0 aliphatic carbocycles. The molecule has 0 aromatic heterocycles. The fourth-order valence-corrected chi connectivity index (χ4v) is 3.78. The summed E-state index contributed by atoms with van der Waals surface area (Å²) in [4.78, 5) is 0. The van der Waals surface area contributed by atoms with Gasteiger partial charge in [0.25, 0.3) is 0 Å². The van der Waals surface area contributed by atoms with Gasteiger partial charge in [-0.05, 0) is 48.5 Å². The predicted molar refractivity (Wildman–Crippen MR) is 86.7 cm³/mol. The van der Waals surface area contributed by atoms with Crippen LogP contribution in [0.1, 0.15) is 31.7 Å². The largest absolute Gasteiger partial charge is 0.384 e. The van der Waals surface area contributed by atoms with Gasteiger partial charge in [0.15, 0.2) is 0 Å². The van der Waals surface area contributed by atoms with E-state index in [-0.39, 0.29) is 0 Å². The van der Waals surface area contributed by atoms with Crippen LogP contribution in [-0.4, -0.2) is 29.2 Å². The molecule has 1 aromatic carbocycles. The quantitative estimate of drug-likeness (QED) is 0.857. The van der Waals surface area contributed by atoms with Crippen molar-refractivity contribution < 1.29 is 5.11 Å². The predicted octanol–water partition coefficient (Wildman–Crippen LogP) is 3.53. The average Bonchev–Trinajstić information content (AvgIpc) is 2.46. The molecule has 0 saturated carbocycles. The summed E-state index contributed by atoms with van der Waals surface area (Å²) in [7, 11) is 0. The monoisotopic (exact) mass is 343 g/mol. The molecule has 1 aliphatic rings. The second-order valence-electron chi connectivity index (χ2n) is 5.16. The summed E-state index contributed by atoms with van der Waals surface area (Å²) >= 11 is 5.46. The Bertz CT molecular complexity index is 392. The van der Waals surface area contributed by atoms with Crippen LogP contribution in [0.25, 0.3) is 0 Å². The van der Waals surface area contributed by atoms with Crippen molar-refractivity contribution in [3.05, 3.63) is 34.3 Å². The van der Waals surface area contributed by atoms with Crippen LogP contribution >= 0.6 is 27.7 Å². The van der Waals surface area contributed by atoms with Gasteiger partial charge in [-0.1, -0.05) is 35.0 Å². The number of nitrogens with one attached hydrogen (secondary N) is 1. The fraction of sp³-hybridized carbons (Fsp3) is 0.600. The first-order chi connectivity index (χ1) is 9.14. The third-order valence-electron chi connectivity index (χ3n) is 3.87. The standard InChI is InChI=1S/C15H22BrNOS/c1-2-15(18,12-3-5-13(16)6-4-12)11-17-14-7-9-19-10-8-14/h3-6,14,17-18H,2,7-11H2,1H3. The van der Waals surface area contributed by atoms with Crippen molar-refractivity contribution in [1.29, 1.82) is 0 Å². The second-order valence-corrected chi connectivity index (χ2v) is 7.30. The summed E-state index contributed by atoms with van der Waals surface area (Å²) in [6.45, 7) is 2.68. The molecule has 1 saturated heterocycles. The maximum absolute atomic E-state index is 10.8. The highest BCUT2D eigenvalue weighted by Crippen LogP contribution is 2.26. The summed E-state index contributed by atoms with van der Waals surface area (Å²) in [5.41, 5.74) is 0.238. The molecular weight excluding hydrogens is 322 g/mol. The van der Waals surface area contributed by atoms with Crippen LogP contribution in [0, 0.1) is 0 Å². The Morgan fingerprint density at radius 1 is 1.32 bits per heavy atom. The highest BCUT2D eigenvalue weighted by Gasteiger charge is 2.28. The smallest absolute Gasteiger partial charge is 0.102 e. The molecule has 2 N–H and O–H groups in total. The zero-order valence-electron chi connectivity index (χ0n) is 11.4. The van der Waals surface area contributed by atoms with Crippen molar-refractivity contribution in [3.63, 3.8) is 0 Å². The molecular formula is C15H22BrNOS. The average molecular weight is 344 g/mol. The number of halogens is 1. The number of aliphatic hydroxyl groups is 1. The van der Waals surface area contributed by atoms with Crippen molar-refractivity contribution in [2.45, 2.75) is 37.8 Å². The zero-order valence-corrected chi connectivity index (χ0v) is 13.8. The molecule has 106 valence electrons. The summed E-state index contributed by atoms with van der Waals surface area (Å²) in [5.74, 6) is 2.47. The third kappa shape index (κ3) is 4.22. The van der Waals surface area contributed by atoms with Crippen LogP contribution in [0.4, 0.5) is 0 Å². The Morgan fingerprint density at radius 3 is 2.53 bits per heavy atom. The molecule has 2 nitrogen and oxygen atoms in total. The van der Waals surface area contributed by atoms with E-state index >= 15 is 0 Å². The van der Waals surface area contributed by atoms with E-state index in [1.165, 1.54) is 24.3 Å². The van der Waals surface area contributed by atoms with E-state index in [4.69, 9.17) is 0 Å². The molecule has 0 spiro atoms. The molecule has 4 heteroatoms. The van der Waals surface area contributed by atoms with Gasteiger partial charge in [0, 0.05) is 17.1 Å². The van der Waals surface area contributed by atoms with Crippen molar-refractivity contribution in [2.75, 3.05) is 18.1 Å². The zero-order chi connectivity index (χ0) is 13.7. The molecule has 1 heterocycles. The fourth-order valence-electron chi connectivity index (χ4n) is 2.41. The number of hydrogen-bond donors (Lipinski definition) is 2. The number of rotatable bonds is 5. The first-order valence-corrected chi connectivity index (χ1v) is 8.88. The Labute approximate surface area is 128 Å². The van der Waals surface area contributed by atoms with E-state index < -0.39 is 5.60 Å². The van der Waals surface area contributed by atoms with Gasteiger partial charge < -0.3 is 10.4 Å². The Balaban J connectivity index is 1.98. The van der Waals surface area contributed by atoms with Crippen molar-refractivity contribution in [3.8, 4) is 0 Å². The molecule has 1 unspecified atom stereocenters. The van der Waals surface area contributed by atoms with Gasteiger partial charge in [-0.15, -0.1) is 0 Å². The summed E-state index contributed by atoms with van der Waals surface area (Å²) in [6.07, 6.45) is 3.15. The van der Waals surface area contributed by atoms with Crippen LogP contribution in [0.5, 0.6) is 0 Å². The minimum absolute atomic E-state index is 0.565. The van der Waals surface area contributed by atoms with Gasteiger partial charge >= 0.3 is 0 Å². The summed E-state index contributed by atoms with van der Waals surface area (Å²) < 4.78 is 1.05. The van der Waals surface area contributed by atoms with Crippen molar-refractivity contribution in [1.82, 2.24) is 5.32 Å². The van der Waals surface area contributed by atoms with Gasteiger partial charge in [0.1, 0.15) is 5.60 Å². The lowest BCUT2D eigenvalue weighted by Gasteiger charge is -2.31. The van der Waals surface area contributed by atoms with E-state index in [1.54, 1.807) is 0 Å². The van der Waals surface area contributed by atoms with Gasteiger partial charge in [0.05, 0.1) is 0 Å². The minimum atomic E-state index is -0.759. The van der Waals surface area contributed by atoms with Gasteiger partial charge in [0.2, 0.25) is 0 Å². The van der Waals surface area contributed by atoms with E-state index in [2.05, 4.69) is 21.2 Å². The molecule has 2 rings (SSSR count). The van der Waals surface area contributed by atoms with E-state index in [9.17, 15) is 5.11 Å². The molecule has 1 atom stereocenters. The second kappa shape index (κ2) is 7.11. The Morgan fingerprint density at radius 2 is 1.95 bits per heavy atom. The highest BCUT2D eigenvalue weighted by atomic mass is 79.9. The molecule has 19 heavy (non-hydrogen) atoms. The lowest BCUT2D eigenvalue weighted by Crippen LogP contribution is -2.43. The third-order valence-corrected chi connectivity index (χ3v) is 5.45. The first kappa shape index (κ1) is 15.4. The lowest BCUT2D eigenvalue weighted by atomic mass is 9.90. The Kier molecular flexibility index (Phi) is 5.75. The van der Waals surface area contributed by atoms with Crippen molar-refractivity contribution in [2.24, 2.45) is 0 Å². The molecule has 0 bridgehead atoms. The summed E-state index contributed by atoms with van der Waals surface area (Å²) in [5, 5.41) is 14.4. The first-order valence-electron chi connectivity index (χ1n) is 6.93. The minimum Gasteiger partial charge on any atom is -0.384 e. The van der Waals surface area contributed by atoms with E-state index in [0.29, 0.717) is 12.6 Å². The number of thioether (sulfide) groups is 1. The maximum atomic E-state index is 10.8. The number of benzene rings is 1. The van der Waals surface area contributed by atoms with Gasteiger partial charge in [-0.2, -0.15) is 11.8 Å². The van der Waals surface area contributed by atoms with Gasteiger partial charge in [-0.3, -0.25) is 0 Å². The van der Waals surface area contributed by atoms with Crippen LogP contribution in [0.15, 0.2) is 28.7 Å². The summed E-state index contributed by atoms with van der Waals surface area (Å²) in [6, 6.07) is 8.56. The molecule has 0 amide bonds. The highest BCUT2D eigenvalue weighted by molar-refractivity contribution is 9.10. The van der Waals surface area contributed by atoms with Crippen LogP contribution < -0.4 is 5.32 Å². The topological polar surface area (TPSA) is 32.3 Å². The van der Waals surface area contributed by atoms with Crippen LogP contribution in [-0.2, 0) is 5.60 Å². The maximum Gasteiger partial charge on any atom is 0.102 e. The Hall–Kier alpha value is -0.0300. The molecule has 1 aliphatic heterocycles. The van der Waals surface area contributed by atoms with Crippen molar-refractivity contribution >= 4 is 27.7 Å². The lowest BCUT2D eigenvalue weighted by molar-refractivity contribution is 0.0295. The van der Waals surface area contributed by atoms with E-state index in [0.717, 1.165) is 16.5 Å². The SMILES string of the molecule is CCC(O)(CNC1CCSCC1)c1ccc(Br)cc1. The number of hydrogen-bond acceptors (Lipinski definition) is 3. The van der Waals surface area contributed by atoms with Crippen LogP contribution in [0.2, 0.25) is 0 Å². The molecule has 1 fully saturated rings. The van der Waals surface area contributed by atoms with Crippen LogP contribution in [0.3, 0.4) is 0 Å². The normalized spacial score (nSPS) is 20.2.